The topological polar surface area (TPSA) is 44.2 Å². The summed E-state index contributed by atoms with van der Waals surface area (Å²) in [5.74, 6) is 0.363. The maximum Gasteiger partial charge on any atom is 0.254 e. The quantitative estimate of drug-likeness (QED) is 0.790. The van der Waals surface area contributed by atoms with E-state index < -0.39 is 0 Å². The van der Waals surface area contributed by atoms with Crippen LogP contribution in [0.1, 0.15) is 37.6 Å². The summed E-state index contributed by atoms with van der Waals surface area (Å²) in [4.78, 5) is 14.4. The van der Waals surface area contributed by atoms with E-state index in [1.807, 2.05) is 11.8 Å². The zero-order chi connectivity index (χ0) is 14.4. The van der Waals surface area contributed by atoms with Gasteiger partial charge in [-0.15, -0.1) is 0 Å². The van der Waals surface area contributed by atoms with Crippen molar-refractivity contribution in [3.05, 3.63) is 34.9 Å². The molecule has 0 bridgehead atoms. The number of rotatable bonds is 6. The van der Waals surface area contributed by atoms with Crippen LogP contribution in [0.4, 0.5) is 0 Å². The SMILES string of the molecule is CC(C)CN(C(=O)c1cccc(Cl)c1)[C@@H](C)CC=N. The number of nitrogens with one attached hydrogen (secondary N) is 1. The number of hydrogen-bond acceptors (Lipinski definition) is 2. The van der Waals surface area contributed by atoms with Gasteiger partial charge < -0.3 is 10.3 Å². The predicted octanol–water partition coefficient (Wildman–Crippen LogP) is 3.87. The van der Waals surface area contributed by atoms with Crippen LogP contribution in [0, 0.1) is 11.3 Å². The summed E-state index contributed by atoms with van der Waals surface area (Å²) in [5, 5.41) is 7.77. The highest BCUT2D eigenvalue weighted by atomic mass is 35.5. The Balaban J connectivity index is 2.96. The lowest BCUT2D eigenvalue weighted by Gasteiger charge is -2.30. The fraction of sp³-hybridized carbons (Fsp3) is 0.467. The van der Waals surface area contributed by atoms with E-state index in [4.69, 9.17) is 17.0 Å². The van der Waals surface area contributed by atoms with Gasteiger partial charge in [0.2, 0.25) is 0 Å². The smallest absolute Gasteiger partial charge is 0.254 e. The van der Waals surface area contributed by atoms with E-state index in [1.54, 1.807) is 24.3 Å². The molecule has 1 aromatic rings. The Morgan fingerprint density at radius 1 is 1.42 bits per heavy atom. The summed E-state index contributed by atoms with van der Waals surface area (Å²) < 4.78 is 0. The van der Waals surface area contributed by atoms with Gasteiger partial charge in [0.05, 0.1) is 0 Å². The highest BCUT2D eigenvalue weighted by Crippen LogP contribution is 2.16. The maximum atomic E-state index is 12.5. The second-order valence-corrected chi connectivity index (χ2v) is 5.59. The van der Waals surface area contributed by atoms with Crippen LogP contribution in [-0.2, 0) is 0 Å². The first kappa shape index (κ1) is 15.7. The largest absolute Gasteiger partial charge is 0.335 e. The molecule has 0 aliphatic carbocycles. The molecule has 4 heteroatoms. The molecule has 0 saturated carbocycles. The number of nitrogens with zero attached hydrogens (tertiary/aromatic N) is 1. The van der Waals surface area contributed by atoms with Crippen molar-refractivity contribution in [1.82, 2.24) is 4.90 Å². The molecule has 0 heterocycles. The molecular weight excluding hydrogens is 260 g/mol. The van der Waals surface area contributed by atoms with Crippen LogP contribution in [0.2, 0.25) is 5.02 Å². The molecule has 1 N–H and O–H groups in total. The van der Waals surface area contributed by atoms with Crippen molar-refractivity contribution < 1.29 is 4.79 Å². The average molecular weight is 281 g/mol. The van der Waals surface area contributed by atoms with E-state index in [9.17, 15) is 4.79 Å². The second-order valence-electron chi connectivity index (χ2n) is 5.15. The van der Waals surface area contributed by atoms with Gasteiger partial charge in [0, 0.05) is 29.6 Å². The maximum absolute atomic E-state index is 12.5. The predicted molar refractivity (Wildman–Crippen MR) is 80.2 cm³/mol. The highest BCUT2D eigenvalue weighted by Gasteiger charge is 2.21. The van der Waals surface area contributed by atoms with Crippen molar-refractivity contribution in [3.63, 3.8) is 0 Å². The number of carbonyl (C=O) groups excluding carboxylic acids is 1. The molecule has 104 valence electrons. The molecule has 0 saturated heterocycles. The third kappa shape index (κ3) is 4.67. The molecule has 3 nitrogen and oxygen atoms in total. The van der Waals surface area contributed by atoms with Crippen LogP contribution in [0.5, 0.6) is 0 Å². The lowest BCUT2D eigenvalue weighted by molar-refractivity contribution is 0.0673. The minimum atomic E-state index is -0.0226. The standard InChI is InChI=1S/C15H21ClN2O/c1-11(2)10-18(12(3)7-8-17)15(19)13-5-4-6-14(16)9-13/h4-6,8-9,11-12,17H,7,10H2,1-3H3/t12-/m0/s1. The lowest BCUT2D eigenvalue weighted by atomic mass is 10.1. The lowest BCUT2D eigenvalue weighted by Crippen LogP contribution is -2.41. The Labute approximate surface area is 120 Å². The Hall–Kier alpha value is -1.35. The molecular formula is C15H21ClN2O. The second kappa shape index (κ2) is 7.29. The summed E-state index contributed by atoms with van der Waals surface area (Å²) in [6.45, 7) is 6.81. The molecule has 0 aromatic heterocycles. The number of benzene rings is 1. The van der Waals surface area contributed by atoms with E-state index >= 15 is 0 Å². The van der Waals surface area contributed by atoms with Gasteiger partial charge in [-0.05, 0) is 37.3 Å². The van der Waals surface area contributed by atoms with Crippen molar-refractivity contribution in [2.75, 3.05) is 6.54 Å². The molecule has 0 radical (unpaired) electrons. The average Bonchev–Trinajstić information content (AvgIpc) is 2.35. The van der Waals surface area contributed by atoms with Crippen LogP contribution >= 0.6 is 11.6 Å². The third-order valence-electron chi connectivity index (χ3n) is 2.89. The Morgan fingerprint density at radius 3 is 2.63 bits per heavy atom. The monoisotopic (exact) mass is 280 g/mol. The molecule has 19 heavy (non-hydrogen) atoms. The first-order valence-corrected chi connectivity index (χ1v) is 6.89. The molecule has 1 rings (SSSR count). The fourth-order valence-electron chi connectivity index (χ4n) is 1.94. The van der Waals surface area contributed by atoms with Gasteiger partial charge >= 0.3 is 0 Å². The van der Waals surface area contributed by atoms with Crippen LogP contribution in [0.25, 0.3) is 0 Å². The van der Waals surface area contributed by atoms with Gasteiger partial charge in [0.15, 0.2) is 0 Å². The Morgan fingerprint density at radius 2 is 2.11 bits per heavy atom. The summed E-state index contributed by atoms with van der Waals surface area (Å²) in [6, 6.07) is 7.02. The molecule has 0 aliphatic rings. The van der Waals surface area contributed by atoms with E-state index in [0.29, 0.717) is 29.5 Å². The van der Waals surface area contributed by atoms with E-state index in [0.717, 1.165) is 0 Å². The van der Waals surface area contributed by atoms with E-state index in [-0.39, 0.29) is 11.9 Å². The number of halogens is 1. The van der Waals surface area contributed by atoms with Crippen molar-refractivity contribution in [2.24, 2.45) is 5.92 Å². The molecule has 0 fully saturated rings. The van der Waals surface area contributed by atoms with Gasteiger partial charge in [0.1, 0.15) is 0 Å². The fourth-order valence-corrected chi connectivity index (χ4v) is 2.13. The summed E-state index contributed by atoms with van der Waals surface area (Å²) in [5.41, 5.74) is 0.602. The first-order chi connectivity index (χ1) is 8.95. The van der Waals surface area contributed by atoms with Crippen LogP contribution in [0.15, 0.2) is 24.3 Å². The zero-order valence-corrected chi connectivity index (χ0v) is 12.4. The normalized spacial score (nSPS) is 12.3. The molecule has 0 unspecified atom stereocenters. The minimum absolute atomic E-state index is 0.0198. The van der Waals surface area contributed by atoms with Gasteiger partial charge in [-0.2, -0.15) is 0 Å². The molecule has 1 atom stereocenters. The van der Waals surface area contributed by atoms with Gasteiger partial charge in [-0.1, -0.05) is 31.5 Å². The van der Waals surface area contributed by atoms with Gasteiger partial charge in [0.25, 0.3) is 5.91 Å². The summed E-state index contributed by atoms with van der Waals surface area (Å²) in [6.07, 6.45) is 1.92. The number of hydrogen-bond donors (Lipinski definition) is 1. The molecule has 0 aliphatic heterocycles. The molecule has 0 spiro atoms. The van der Waals surface area contributed by atoms with Gasteiger partial charge in [-0.3, -0.25) is 4.79 Å². The first-order valence-electron chi connectivity index (χ1n) is 6.51. The van der Waals surface area contributed by atoms with Crippen LogP contribution in [0.3, 0.4) is 0 Å². The number of amides is 1. The van der Waals surface area contributed by atoms with Crippen molar-refractivity contribution in [1.29, 1.82) is 5.41 Å². The highest BCUT2D eigenvalue weighted by molar-refractivity contribution is 6.30. The summed E-state index contributed by atoms with van der Waals surface area (Å²) in [7, 11) is 0. The summed E-state index contributed by atoms with van der Waals surface area (Å²) >= 11 is 5.93. The van der Waals surface area contributed by atoms with Crippen molar-refractivity contribution in [2.45, 2.75) is 33.2 Å². The zero-order valence-electron chi connectivity index (χ0n) is 11.7. The van der Waals surface area contributed by atoms with Crippen LogP contribution < -0.4 is 0 Å². The molecule has 1 amide bonds. The minimum Gasteiger partial charge on any atom is -0.335 e. The van der Waals surface area contributed by atoms with E-state index in [1.165, 1.54) is 6.21 Å². The van der Waals surface area contributed by atoms with Gasteiger partial charge in [-0.25, -0.2) is 0 Å². The third-order valence-corrected chi connectivity index (χ3v) is 3.12. The van der Waals surface area contributed by atoms with Crippen molar-refractivity contribution >= 4 is 23.7 Å². The van der Waals surface area contributed by atoms with Crippen LogP contribution in [-0.4, -0.2) is 29.6 Å². The Kier molecular flexibility index (Phi) is 6.03. The number of carbonyl (C=O) groups is 1. The molecule has 1 aromatic carbocycles. The van der Waals surface area contributed by atoms with Crippen molar-refractivity contribution in [3.8, 4) is 0 Å². The van der Waals surface area contributed by atoms with E-state index in [2.05, 4.69) is 13.8 Å². The Bertz CT molecular complexity index is 446.